The Hall–Kier alpha value is -1.12. The van der Waals surface area contributed by atoms with E-state index in [-0.39, 0.29) is 12.5 Å². The van der Waals surface area contributed by atoms with Crippen LogP contribution in [-0.4, -0.2) is 26.2 Å². The van der Waals surface area contributed by atoms with E-state index in [1.54, 1.807) is 0 Å². The number of halogens is 3. The topological polar surface area (TPSA) is 66.4 Å². The average molecular weight is 309 g/mol. The van der Waals surface area contributed by atoms with Gasteiger partial charge in [-0.25, -0.2) is 13.1 Å². The molecule has 1 aliphatic rings. The first-order valence-electron chi connectivity index (χ1n) is 6.04. The highest BCUT2D eigenvalue weighted by molar-refractivity contribution is 7.89. The van der Waals surface area contributed by atoms with Gasteiger partial charge < -0.3 is 5.11 Å². The maximum atomic E-state index is 12.8. The molecule has 0 saturated heterocycles. The van der Waals surface area contributed by atoms with Crippen LogP contribution in [0.3, 0.4) is 0 Å². The van der Waals surface area contributed by atoms with Crippen LogP contribution in [0, 0.1) is 5.92 Å². The zero-order valence-corrected chi connectivity index (χ0v) is 11.2. The van der Waals surface area contributed by atoms with Crippen molar-refractivity contribution in [1.29, 1.82) is 0 Å². The summed E-state index contributed by atoms with van der Waals surface area (Å²) in [5, 5.41) is 9.09. The molecule has 2 N–H and O–H groups in total. The standard InChI is InChI=1S/C12H14F3NO3S/c13-12(14,15)10-3-1-2-4-11(10)20(18,19)16-7-8-5-9(17)6-8/h1-4,8-9,16-17H,5-7H2. The molecule has 4 nitrogen and oxygen atoms in total. The summed E-state index contributed by atoms with van der Waals surface area (Å²) in [5.41, 5.74) is -1.18. The number of aliphatic hydroxyl groups excluding tert-OH is 1. The fourth-order valence-corrected chi connectivity index (χ4v) is 3.45. The highest BCUT2D eigenvalue weighted by Gasteiger charge is 2.37. The van der Waals surface area contributed by atoms with Crippen molar-refractivity contribution in [2.75, 3.05) is 6.54 Å². The molecule has 20 heavy (non-hydrogen) atoms. The second kappa shape index (κ2) is 5.34. The molecule has 1 saturated carbocycles. The Kier molecular flexibility index (Phi) is 4.08. The third kappa shape index (κ3) is 3.31. The maximum absolute atomic E-state index is 12.8. The largest absolute Gasteiger partial charge is 0.417 e. The van der Waals surface area contributed by atoms with Crippen LogP contribution in [0.25, 0.3) is 0 Å². The van der Waals surface area contributed by atoms with E-state index in [1.807, 2.05) is 0 Å². The molecule has 0 heterocycles. The van der Waals surface area contributed by atoms with Crippen LogP contribution in [0.1, 0.15) is 18.4 Å². The van der Waals surface area contributed by atoms with Crippen molar-refractivity contribution in [2.45, 2.75) is 30.0 Å². The van der Waals surface area contributed by atoms with Gasteiger partial charge in [-0.05, 0) is 30.9 Å². The van der Waals surface area contributed by atoms with E-state index in [4.69, 9.17) is 5.11 Å². The lowest BCUT2D eigenvalue weighted by Crippen LogP contribution is -2.38. The molecule has 1 aromatic carbocycles. The van der Waals surface area contributed by atoms with E-state index in [2.05, 4.69) is 4.72 Å². The van der Waals surface area contributed by atoms with Gasteiger partial charge in [0.05, 0.1) is 16.6 Å². The van der Waals surface area contributed by atoms with Crippen molar-refractivity contribution in [3.05, 3.63) is 29.8 Å². The van der Waals surface area contributed by atoms with Gasteiger partial charge in [0.1, 0.15) is 0 Å². The first-order chi connectivity index (χ1) is 9.20. The average Bonchev–Trinajstić information content (AvgIpc) is 2.32. The Morgan fingerprint density at radius 1 is 1.25 bits per heavy atom. The van der Waals surface area contributed by atoms with Gasteiger partial charge in [-0.15, -0.1) is 0 Å². The lowest BCUT2D eigenvalue weighted by molar-refractivity contribution is -0.139. The number of sulfonamides is 1. The summed E-state index contributed by atoms with van der Waals surface area (Å²) in [6.07, 6.45) is -4.24. The molecule has 1 aliphatic carbocycles. The van der Waals surface area contributed by atoms with Crippen LogP contribution in [0.2, 0.25) is 0 Å². The minimum Gasteiger partial charge on any atom is -0.393 e. The van der Waals surface area contributed by atoms with Gasteiger partial charge in [0.2, 0.25) is 10.0 Å². The quantitative estimate of drug-likeness (QED) is 0.890. The van der Waals surface area contributed by atoms with E-state index < -0.39 is 32.8 Å². The molecule has 0 aromatic heterocycles. The van der Waals surface area contributed by atoms with Crippen molar-refractivity contribution in [1.82, 2.24) is 4.72 Å². The van der Waals surface area contributed by atoms with Crippen LogP contribution in [0.5, 0.6) is 0 Å². The smallest absolute Gasteiger partial charge is 0.393 e. The number of hydrogen-bond donors (Lipinski definition) is 2. The molecule has 0 bridgehead atoms. The van der Waals surface area contributed by atoms with Gasteiger partial charge in [-0.1, -0.05) is 12.1 Å². The second-order valence-electron chi connectivity index (χ2n) is 4.84. The summed E-state index contributed by atoms with van der Waals surface area (Å²) in [6, 6.07) is 4.06. The monoisotopic (exact) mass is 309 g/mol. The van der Waals surface area contributed by atoms with E-state index in [0.717, 1.165) is 18.2 Å². The van der Waals surface area contributed by atoms with Crippen molar-refractivity contribution >= 4 is 10.0 Å². The van der Waals surface area contributed by atoms with Crippen molar-refractivity contribution in [3.63, 3.8) is 0 Å². The first kappa shape index (κ1) is 15.3. The first-order valence-corrected chi connectivity index (χ1v) is 7.52. The summed E-state index contributed by atoms with van der Waals surface area (Å²) < 4.78 is 64.4. The normalized spacial score (nSPS) is 23.4. The molecule has 112 valence electrons. The number of alkyl halides is 3. The maximum Gasteiger partial charge on any atom is 0.417 e. The van der Waals surface area contributed by atoms with Crippen LogP contribution >= 0.6 is 0 Å². The number of hydrogen-bond acceptors (Lipinski definition) is 3. The molecule has 0 atom stereocenters. The van der Waals surface area contributed by atoms with Gasteiger partial charge in [-0.2, -0.15) is 13.2 Å². The third-order valence-corrected chi connectivity index (χ3v) is 4.74. The predicted octanol–water partition coefficient (Wildman–Crippen LogP) is 1.75. The fourth-order valence-electron chi connectivity index (χ4n) is 2.11. The van der Waals surface area contributed by atoms with E-state index in [1.165, 1.54) is 6.07 Å². The molecule has 1 fully saturated rings. The Balaban J connectivity index is 2.17. The molecular formula is C12H14F3NO3S. The molecule has 0 amide bonds. The Bertz CT molecular complexity index is 580. The van der Waals surface area contributed by atoms with Crippen molar-refractivity contribution < 1.29 is 26.7 Å². The van der Waals surface area contributed by atoms with E-state index in [0.29, 0.717) is 12.8 Å². The lowest BCUT2D eigenvalue weighted by Gasteiger charge is -2.31. The van der Waals surface area contributed by atoms with Gasteiger partial charge in [0.15, 0.2) is 0 Å². The molecule has 8 heteroatoms. The second-order valence-corrected chi connectivity index (χ2v) is 6.57. The molecule has 0 radical (unpaired) electrons. The van der Waals surface area contributed by atoms with Crippen LogP contribution in [0.4, 0.5) is 13.2 Å². The number of rotatable bonds is 4. The van der Waals surface area contributed by atoms with E-state index in [9.17, 15) is 21.6 Å². The molecule has 0 aliphatic heterocycles. The molecule has 1 aromatic rings. The number of nitrogens with one attached hydrogen (secondary N) is 1. The lowest BCUT2D eigenvalue weighted by atomic mass is 9.83. The van der Waals surface area contributed by atoms with Gasteiger partial charge in [-0.3, -0.25) is 0 Å². The number of benzene rings is 1. The van der Waals surface area contributed by atoms with Gasteiger partial charge in [0.25, 0.3) is 0 Å². The van der Waals surface area contributed by atoms with Crippen molar-refractivity contribution in [3.8, 4) is 0 Å². The summed E-state index contributed by atoms with van der Waals surface area (Å²) in [4.78, 5) is -0.771. The Morgan fingerprint density at radius 3 is 2.40 bits per heavy atom. The van der Waals surface area contributed by atoms with Crippen LogP contribution in [0.15, 0.2) is 29.2 Å². The van der Waals surface area contributed by atoms with E-state index >= 15 is 0 Å². The highest BCUT2D eigenvalue weighted by Crippen LogP contribution is 2.34. The zero-order chi connectivity index (χ0) is 15.0. The molecule has 0 spiro atoms. The Labute approximate surface area is 114 Å². The summed E-state index contributed by atoms with van der Waals surface area (Å²) in [7, 11) is -4.21. The SMILES string of the molecule is O=S(=O)(NCC1CC(O)C1)c1ccccc1C(F)(F)F. The third-order valence-electron chi connectivity index (χ3n) is 3.25. The van der Waals surface area contributed by atoms with Crippen LogP contribution in [-0.2, 0) is 16.2 Å². The predicted molar refractivity (Wildman–Crippen MR) is 65.4 cm³/mol. The molecule has 0 unspecified atom stereocenters. The minimum atomic E-state index is -4.72. The zero-order valence-electron chi connectivity index (χ0n) is 10.4. The fraction of sp³-hybridized carbons (Fsp3) is 0.500. The number of aliphatic hydroxyl groups is 1. The van der Waals surface area contributed by atoms with Gasteiger partial charge >= 0.3 is 6.18 Å². The summed E-state index contributed by atoms with van der Waals surface area (Å²) in [5.74, 6) is -0.0298. The molecule has 2 rings (SSSR count). The Morgan fingerprint density at radius 2 is 1.85 bits per heavy atom. The van der Waals surface area contributed by atoms with Crippen molar-refractivity contribution in [2.24, 2.45) is 5.92 Å². The summed E-state index contributed by atoms with van der Waals surface area (Å²) in [6.45, 7) is 0.0333. The van der Waals surface area contributed by atoms with Crippen LogP contribution < -0.4 is 4.72 Å². The van der Waals surface area contributed by atoms with Gasteiger partial charge in [0, 0.05) is 6.54 Å². The minimum absolute atomic E-state index is 0.0298. The molecular weight excluding hydrogens is 295 g/mol. The highest BCUT2D eigenvalue weighted by atomic mass is 32.2. The summed E-state index contributed by atoms with van der Waals surface area (Å²) >= 11 is 0.